The van der Waals surface area contributed by atoms with Gasteiger partial charge in [0.1, 0.15) is 0 Å². The second kappa shape index (κ2) is 4.78. The first-order chi connectivity index (χ1) is 7.20. The quantitative estimate of drug-likeness (QED) is 0.856. The van der Waals surface area contributed by atoms with Crippen LogP contribution in [0, 0.1) is 0 Å². The summed E-state index contributed by atoms with van der Waals surface area (Å²) >= 11 is 8.74. The van der Waals surface area contributed by atoms with Gasteiger partial charge in [-0.1, -0.05) is 37.9 Å². The summed E-state index contributed by atoms with van der Waals surface area (Å²) in [6, 6.07) is 10.4. The van der Waals surface area contributed by atoms with Crippen molar-refractivity contribution in [2.75, 3.05) is 0 Å². The van der Waals surface area contributed by atoms with Gasteiger partial charge in [-0.3, -0.25) is 0 Å². The van der Waals surface area contributed by atoms with Crippen molar-refractivity contribution in [3.8, 4) is 10.4 Å². The zero-order valence-corrected chi connectivity index (χ0v) is 11.8. The van der Waals surface area contributed by atoms with Crippen molar-refractivity contribution in [1.29, 1.82) is 0 Å². The molecule has 2 N–H and O–H groups in total. The minimum atomic E-state index is 0.610. The molecule has 15 heavy (non-hydrogen) atoms. The molecule has 0 unspecified atom stereocenters. The van der Waals surface area contributed by atoms with E-state index in [0.29, 0.717) is 6.54 Å². The monoisotopic (exact) mass is 345 g/mol. The van der Waals surface area contributed by atoms with E-state index in [1.54, 1.807) is 11.3 Å². The van der Waals surface area contributed by atoms with Gasteiger partial charge in [-0.2, -0.15) is 0 Å². The third kappa shape index (κ3) is 2.50. The van der Waals surface area contributed by atoms with Crippen molar-refractivity contribution >= 4 is 43.2 Å². The van der Waals surface area contributed by atoms with Gasteiger partial charge >= 0.3 is 0 Å². The Morgan fingerprint density at radius 3 is 2.53 bits per heavy atom. The Morgan fingerprint density at radius 1 is 1.13 bits per heavy atom. The number of benzene rings is 1. The molecule has 0 aliphatic rings. The van der Waals surface area contributed by atoms with Crippen molar-refractivity contribution in [3.63, 3.8) is 0 Å². The lowest BCUT2D eigenvalue weighted by atomic mass is 10.2. The molecular weight excluding hydrogens is 338 g/mol. The first-order valence-electron chi connectivity index (χ1n) is 4.45. The number of halogens is 2. The van der Waals surface area contributed by atoms with Gasteiger partial charge in [0, 0.05) is 30.8 Å². The SMILES string of the molecule is NCc1ccc(-c2ccc(Br)cc2Br)s1. The Labute approximate surface area is 110 Å². The molecule has 0 bridgehead atoms. The highest BCUT2D eigenvalue weighted by Gasteiger charge is 2.06. The molecule has 0 saturated heterocycles. The molecule has 0 spiro atoms. The average Bonchev–Trinajstić information content (AvgIpc) is 2.66. The normalized spacial score (nSPS) is 10.6. The highest BCUT2D eigenvalue weighted by atomic mass is 79.9. The zero-order chi connectivity index (χ0) is 10.8. The molecule has 0 fully saturated rings. The summed E-state index contributed by atoms with van der Waals surface area (Å²) in [5, 5.41) is 0. The van der Waals surface area contributed by atoms with E-state index >= 15 is 0 Å². The second-order valence-electron chi connectivity index (χ2n) is 3.09. The van der Waals surface area contributed by atoms with E-state index < -0.39 is 0 Å². The molecule has 4 heteroatoms. The Morgan fingerprint density at radius 2 is 1.93 bits per heavy atom. The molecule has 0 saturated carbocycles. The standard InChI is InChI=1S/C11H9Br2NS/c12-7-1-3-9(10(13)5-7)11-4-2-8(6-14)15-11/h1-5H,6,14H2. The van der Waals surface area contributed by atoms with Crippen LogP contribution in [0.2, 0.25) is 0 Å². The Bertz CT molecular complexity index is 479. The molecule has 1 nitrogen and oxygen atoms in total. The molecule has 1 heterocycles. The molecule has 2 rings (SSSR count). The highest BCUT2D eigenvalue weighted by Crippen LogP contribution is 2.34. The lowest BCUT2D eigenvalue weighted by Gasteiger charge is -2.01. The van der Waals surface area contributed by atoms with Crippen LogP contribution in [0.5, 0.6) is 0 Å². The van der Waals surface area contributed by atoms with E-state index in [0.717, 1.165) is 8.95 Å². The summed E-state index contributed by atoms with van der Waals surface area (Å²) in [6.07, 6.45) is 0. The van der Waals surface area contributed by atoms with Crippen molar-refractivity contribution in [2.24, 2.45) is 5.73 Å². The van der Waals surface area contributed by atoms with Crippen LogP contribution in [0.3, 0.4) is 0 Å². The highest BCUT2D eigenvalue weighted by molar-refractivity contribution is 9.11. The molecule has 2 aromatic rings. The summed E-state index contributed by atoms with van der Waals surface area (Å²) in [5.74, 6) is 0. The van der Waals surface area contributed by atoms with Crippen molar-refractivity contribution in [1.82, 2.24) is 0 Å². The van der Waals surface area contributed by atoms with Crippen LogP contribution in [-0.4, -0.2) is 0 Å². The number of thiophene rings is 1. The van der Waals surface area contributed by atoms with E-state index in [4.69, 9.17) is 5.73 Å². The van der Waals surface area contributed by atoms with Crippen LogP contribution in [0.15, 0.2) is 39.3 Å². The third-order valence-corrected chi connectivity index (χ3v) is 4.35. The molecule has 1 aromatic carbocycles. The van der Waals surface area contributed by atoms with Gasteiger partial charge in [-0.05, 0) is 24.3 Å². The third-order valence-electron chi connectivity index (χ3n) is 2.06. The molecule has 0 amide bonds. The fraction of sp³-hybridized carbons (Fsp3) is 0.0909. The van der Waals surface area contributed by atoms with Crippen LogP contribution < -0.4 is 5.73 Å². The second-order valence-corrected chi connectivity index (χ2v) is 6.03. The number of nitrogens with two attached hydrogens (primary N) is 1. The minimum Gasteiger partial charge on any atom is -0.326 e. The van der Waals surface area contributed by atoms with Gasteiger partial charge in [0.25, 0.3) is 0 Å². The van der Waals surface area contributed by atoms with Gasteiger partial charge in [0.15, 0.2) is 0 Å². The van der Waals surface area contributed by atoms with Gasteiger partial charge in [-0.25, -0.2) is 0 Å². The molecule has 0 radical (unpaired) electrons. The summed E-state index contributed by atoms with van der Waals surface area (Å²) in [4.78, 5) is 2.45. The summed E-state index contributed by atoms with van der Waals surface area (Å²) < 4.78 is 2.18. The Hall–Kier alpha value is -0.160. The molecule has 0 aliphatic heterocycles. The maximum absolute atomic E-state index is 5.59. The first-order valence-corrected chi connectivity index (χ1v) is 6.85. The van der Waals surface area contributed by atoms with E-state index in [1.807, 2.05) is 6.07 Å². The maximum atomic E-state index is 5.59. The Balaban J connectivity index is 2.44. The number of hydrogen-bond acceptors (Lipinski definition) is 2. The fourth-order valence-electron chi connectivity index (χ4n) is 1.32. The topological polar surface area (TPSA) is 26.0 Å². The molecule has 1 aromatic heterocycles. The van der Waals surface area contributed by atoms with Gasteiger partial charge in [0.05, 0.1) is 0 Å². The molecular formula is C11H9Br2NS. The van der Waals surface area contributed by atoms with E-state index in [1.165, 1.54) is 15.3 Å². The molecule has 0 atom stereocenters. The lowest BCUT2D eigenvalue weighted by Crippen LogP contribution is -1.91. The van der Waals surface area contributed by atoms with E-state index in [9.17, 15) is 0 Å². The van der Waals surface area contributed by atoms with Crippen molar-refractivity contribution in [2.45, 2.75) is 6.54 Å². The van der Waals surface area contributed by atoms with Crippen molar-refractivity contribution in [3.05, 3.63) is 44.2 Å². The fourth-order valence-corrected chi connectivity index (χ4v) is 3.64. The van der Waals surface area contributed by atoms with Crippen LogP contribution in [0.4, 0.5) is 0 Å². The zero-order valence-electron chi connectivity index (χ0n) is 7.84. The predicted molar refractivity (Wildman–Crippen MR) is 73.0 cm³/mol. The number of hydrogen-bond donors (Lipinski definition) is 1. The average molecular weight is 347 g/mol. The summed E-state index contributed by atoms with van der Waals surface area (Å²) in [5.41, 5.74) is 6.81. The Kier molecular flexibility index (Phi) is 3.61. The van der Waals surface area contributed by atoms with Gasteiger partial charge < -0.3 is 5.73 Å². The predicted octanol–water partition coefficient (Wildman–Crippen LogP) is 4.40. The minimum absolute atomic E-state index is 0.610. The van der Waals surface area contributed by atoms with E-state index in [-0.39, 0.29) is 0 Å². The summed E-state index contributed by atoms with van der Waals surface area (Å²) in [7, 11) is 0. The number of rotatable bonds is 2. The largest absolute Gasteiger partial charge is 0.326 e. The van der Waals surface area contributed by atoms with Gasteiger partial charge in [-0.15, -0.1) is 11.3 Å². The van der Waals surface area contributed by atoms with Crippen LogP contribution in [0.1, 0.15) is 4.88 Å². The first kappa shape index (κ1) is 11.3. The maximum Gasteiger partial charge on any atom is 0.0357 e. The van der Waals surface area contributed by atoms with Gasteiger partial charge in [0.2, 0.25) is 0 Å². The molecule has 0 aliphatic carbocycles. The smallest absolute Gasteiger partial charge is 0.0357 e. The van der Waals surface area contributed by atoms with Crippen LogP contribution >= 0.6 is 43.2 Å². The molecule has 78 valence electrons. The van der Waals surface area contributed by atoms with Crippen LogP contribution in [0.25, 0.3) is 10.4 Å². The lowest BCUT2D eigenvalue weighted by molar-refractivity contribution is 1.11. The van der Waals surface area contributed by atoms with E-state index in [2.05, 4.69) is 56.1 Å². The summed E-state index contributed by atoms with van der Waals surface area (Å²) in [6.45, 7) is 0.610. The van der Waals surface area contributed by atoms with Crippen LogP contribution in [-0.2, 0) is 6.54 Å². The van der Waals surface area contributed by atoms with Crippen molar-refractivity contribution < 1.29 is 0 Å².